The number of ether oxygens (including phenoxy) is 2. The van der Waals surface area contributed by atoms with Crippen LogP contribution in [0.25, 0.3) is 18.3 Å². The molecule has 1 heterocycles. The Bertz CT molecular complexity index is 1110. The molecule has 2 aromatic carbocycles. The number of nitrogens with zero attached hydrogens (tertiary/aromatic N) is 1. The maximum absolute atomic E-state index is 12.8. The Labute approximate surface area is 171 Å². The number of hydrogen-bond acceptors (Lipinski definition) is 3. The monoisotopic (exact) mass is 476 g/mol. The van der Waals surface area contributed by atoms with Gasteiger partial charge in [-0.3, -0.25) is 9.89 Å². The van der Waals surface area contributed by atoms with Crippen molar-refractivity contribution in [2.24, 2.45) is 0 Å². The molecule has 0 spiro atoms. The van der Waals surface area contributed by atoms with Gasteiger partial charge in [-0.2, -0.15) is 0 Å². The van der Waals surface area contributed by atoms with Crippen molar-refractivity contribution in [3.05, 3.63) is 72.5 Å². The molecule has 140 valence electrons. The fourth-order valence-corrected chi connectivity index (χ4v) is 3.50. The van der Waals surface area contributed by atoms with E-state index in [1.807, 2.05) is 62.4 Å². The number of H-pyrrole nitrogens is 1. The lowest BCUT2D eigenvalue weighted by atomic mass is 10.1. The molecule has 0 saturated heterocycles. The van der Waals surface area contributed by atoms with Gasteiger partial charge in [0.25, 0.3) is 5.56 Å². The number of methoxy groups -OCH3 is 1. The van der Waals surface area contributed by atoms with Gasteiger partial charge in [0.15, 0.2) is 11.5 Å². The van der Waals surface area contributed by atoms with Crippen LogP contribution in [0.3, 0.4) is 0 Å². The molecule has 1 N–H and O–H groups in total. The van der Waals surface area contributed by atoms with E-state index in [9.17, 15) is 4.79 Å². The topological polar surface area (TPSA) is 56.2 Å². The van der Waals surface area contributed by atoms with Crippen LogP contribution in [0, 0.1) is 3.57 Å². The van der Waals surface area contributed by atoms with Crippen molar-refractivity contribution in [2.45, 2.75) is 20.0 Å². The molecule has 3 rings (SSSR count). The zero-order valence-electron chi connectivity index (χ0n) is 15.5. The molecule has 0 amide bonds. The number of para-hydroxylation sites is 1. The van der Waals surface area contributed by atoms with E-state index in [2.05, 4.69) is 34.3 Å². The summed E-state index contributed by atoms with van der Waals surface area (Å²) in [6.07, 6.45) is 1.85. The summed E-state index contributed by atoms with van der Waals surface area (Å²) in [7, 11) is 1.61. The lowest BCUT2D eigenvalue weighted by molar-refractivity contribution is 0.228. The molecule has 1 aromatic heterocycles. The Morgan fingerprint density at radius 1 is 1.22 bits per heavy atom. The third-order valence-electron chi connectivity index (χ3n) is 3.94. The van der Waals surface area contributed by atoms with Crippen molar-refractivity contribution in [1.82, 2.24) is 9.78 Å². The van der Waals surface area contributed by atoms with Gasteiger partial charge in [-0.05, 0) is 72.3 Å². The molecule has 3 aromatic rings. The molecule has 27 heavy (non-hydrogen) atoms. The Balaban J connectivity index is 2.13. The van der Waals surface area contributed by atoms with Gasteiger partial charge >= 0.3 is 0 Å². The summed E-state index contributed by atoms with van der Waals surface area (Å²) in [5, 5.41) is 4.10. The van der Waals surface area contributed by atoms with Crippen molar-refractivity contribution in [1.29, 1.82) is 0 Å². The third kappa shape index (κ3) is 4.10. The highest BCUT2D eigenvalue weighted by molar-refractivity contribution is 14.1. The first-order valence-electron chi connectivity index (χ1n) is 8.52. The number of aromatic nitrogens is 2. The molecular formula is C21H21IN2O3. The Hall–Kier alpha value is -2.48. The van der Waals surface area contributed by atoms with E-state index in [0.29, 0.717) is 22.1 Å². The lowest BCUT2D eigenvalue weighted by Gasteiger charge is -2.15. The maximum Gasteiger partial charge on any atom is 0.279 e. The molecular weight excluding hydrogens is 455 g/mol. The van der Waals surface area contributed by atoms with Crippen LogP contribution >= 0.6 is 22.6 Å². The van der Waals surface area contributed by atoms with E-state index in [1.165, 1.54) is 4.68 Å². The molecule has 0 unspecified atom stereocenters. The summed E-state index contributed by atoms with van der Waals surface area (Å²) in [5.41, 5.74) is 1.45. The zero-order valence-corrected chi connectivity index (χ0v) is 17.6. The Kier molecular flexibility index (Phi) is 5.74. The average molecular weight is 476 g/mol. The SMILES string of the molecule is C=c1[nH]n(-c2ccccc2)c(=O)/c1=C\c1cc(I)c(OC(C)C)c(OC)c1. The minimum Gasteiger partial charge on any atom is -0.493 e. The van der Waals surface area contributed by atoms with Gasteiger partial charge in [-0.15, -0.1) is 0 Å². The van der Waals surface area contributed by atoms with Gasteiger partial charge in [0.05, 0.1) is 33.0 Å². The first-order valence-corrected chi connectivity index (χ1v) is 9.60. The standard InChI is InChI=1S/C21H21IN2O3/c1-13(2)27-20-18(22)11-15(12-19(20)26-4)10-17-14(3)23-24(21(17)25)16-8-6-5-7-9-16/h5-13,23H,3H2,1-2,4H3/b17-10-. The van der Waals surface area contributed by atoms with Crippen molar-refractivity contribution in [3.63, 3.8) is 0 Å². The second-order valence-electron chi connectivity index (χ2n) is 6.33. The number of nitrogens with one attached hydrogen (secondary N) is 1. The predicted octanol–water partition coefficient (Wildman–Crippen LogP) is 2.81. The Morgan fingerprint density at radius 3 is 2.56 bits per heavy atom. The molecule has 0 saturated carbocycles. The fourth-order valence-electron chi connectivity index (χ4n) is 2.74. The van der Waals surface area contributed by atoms with Crippen LogP contribution in [0.2, 0.25) is 0 Å². The van der Waals surface area contributed by atoms with E-state index < -0.39 is 0 Å². The van der Waals surface area contributed by atoms with Crippen LogP contribution in [-0.2, 0) is 0 Å². The molecule has 0 aliphatic carbocycles. The third-order valence-corrected chi connectivity index (χ3v) is 4.74. The van der Waals surface area contributed by atoms with Gasteiger partial charge in [-0.25, -0.2) is 4.68 Å². The van der Waals surface area contributed by atoms with Crippen LogP contribution in [0.15, 0.2) is 47.3 Å². The number of benzene rings is 2. The first-order chi connectivity index (χ1) is 12.9. The minimum atomic E-state index is -0.150. The number of rotatable bonds is 5. The number of hydrogen-bond donors (Lipinski definition) is 1. The summed E-state index contributed by atoms with van der Waals surface area (Å²) >= 11 is 2.21. The Morgan fingerprint density at radius 2 is 1.93 bits per heavy atom. The highest BCUT2D eigenvalue weighted by Gasteiger charge is 2.13. The molecule has 0 aliphatic heterocycles. The fraction of sp³-hybridized carbons (Fsp3) is 0.190. The minimum absolute atomic E-state index is 0.0384. The van der Waals surface area contributed by atoms with Crippen molar-refractivity contribution in [2.75, 3.05) is 7.11 Å². The normalized spacial score (nSPS) is 11.8. The van der Waals surface area contributed by atoms with Gasteiger partial charge in [0.1, 0.15) is 0 Å². The molecule has 5 nitrogen and oxygen atoms in total. The van der Waals surface area contributed by atoms with Crippen molar-refractivity contribution < 1.29 is 9.47 Å². The van der Waals surface area contributed by atoms with Crippen LogP contribution in [0.4, 0.5) is 0 Å². The molecule has 0 bridgehead atoms. The molecule has 6 heteroatoms. The number of halogens is 1. The number of aromatic amines is 1. The van der Waals surface area contributed by atoms with Crippen molar-refractivity contribution >= 4 is 35.2 Å². The molecule has 0 atom stereocenters. The lowest BCUT2D eigenvalue weighted by Crippen LogP contribution is -2.33. The van der Waals surface area contributed by atoms with Gasteiger partial charge in [0.2, 0.25) is 0 Å². The predicted molar refractivity (Wildman–Crippen MR) is 116 cm³/mol. The summed E-state index contributed by atoms with van der Waals surface area (Å²) in [6.45, 7) is 7.92. The molecule has 0 fully saturated rings. The van der Waals surface area contributed by atoms with Crippen LogP contribution in [-0.4, -0.2) is 23.0 Å². The summed E-state index contributed by atoms with van der Waals surface area (Å²) in [4.78, 5) is 12.8. The zero-order chi connectivity index (χ0) is 19.6. The summed E-state index contributed by atoms with van der Waals surface area (Å²) < 4.78 is 13.7. The largest absolute Gasteiger partial charge is 0.493 e. The van der Waals surface area contributed by atoms with E-state index >= 15 is 0 Å². The maximum atomic E-state index is 12.8. The highest BCUT2D eigenvalue weighted by atomic mass is 127. The summed E-state index contributed by atoms with van der Waals surface area (Å²) in [6, 6.07) is 13.2. The summed E-state index contributed by atoms with van der Waals surface area (Å²) in [5.74, 6) is 1.34. The van der Waals surface area contributed by atoms with Crippen molar-refractivity contribution in [3.8, 4) is 17.2 Å². The molecule has 0 radical (unpaired) electrons. The van der Waals surface area contributed by atoms with E-state index in [0.717, 1.165) is 14.8 Å². The van der Waals surface area contributed by atoms with Gasteiger partial charge in [-0.1, -0.05) is 24.8 Å². The second-order valence-corrected chi connectivity index (χ2v) is 7.49. The van der Waals surface area contributed by atoms with Crippen LogP contribution in [0.1, 0.15) is 19.4 Å². The average Bonchev–Trinajstić information content (AvgIpc) is 2.92. The van der Waals surface area contributed by atoms with Crippen LogP contribution < -0.4 is 25.6 Å². The quantitative estimate of drug-likeness (QED) is 0.577. The van der Waals surface area contributed by atoms with E-state index in [4.69, 9.17) is 9.47 Å². The van der Waals surface area contributed by atoms with Crippen LogP contribution in [0.5, 0.6) is 11.5 Å². The van der Waals surface area contributed by atoms with E-state index in [-0.39, 0.29) is 11.7 Å². The highest BCUT2D eigenvalue weighted by Crippen LogP contribution is 2.34. The second kappa shape index (κ2) is 8.04. The first kappa shape index (κ1) is 19.3. The van der Waals surface area contributed by atoms with Gasteiger partial charge in [0, 0.05) is 0 Å². The van der Waals surface area contributed by atoms with Gasteiger partial charge < -0.3 is 9.47 Å². The van der Waals surface area contributed by atoms with E-state index in [1.54, 1.807) is 7.11 Å². The smallest absolute Gasteiger partial charge is 0.279 e. The molecule has 0 aliphatic rings.